The lowest BCUT2D eigenvalue weighted by Gasteiger charge is -2.14. The molecule has 1 unspecified atom stereocenters. The van der Waals surface area contributed by atoms with Crippen LogP contribution < -0.4 is 14.8 Å². The van der Waals surface area contributed by atoms with Crippen LogP contribution in [0.15, 0.2) is 36.4 Å². The number of rotatable bonds is 7. The summed E-state index contributed by atoms with van der Waals surface area (Å²) >= 11 is 0. The lowest BCUT2D eigenvalue weighted by Crippen LogP contribution is -2.35. The highest BCUT2D eigenvalue weighted by Crippen LogP contribution is 2.27. The van der Waals surface area contributed by atoms with Crippen LogP contribution >= 0.6 is 0 Å². The normalized spacial score (nSPS) is 11.4. The van der Waals surface area contributed by atoms with Crippen molar-refractivity contribution < 1.29 is 32.6 Å². The van der Waals surface area contributed by atoms with E-state index in [1.807, 2.05) is 0 Å². The summed E-state index contributed by atoms with van der Waals surface area (Å²) in [5, 5.41) is 2.60. The molecule has 0 radical (unpaired) electrons. The molecule has 0 heterocycles. The molecule has 0 saturated carbocycles. The molecule has 0 aliphatic carbocycles. The zero-order chi connectivity index (χ0) is 20.0. The van der Waals surface area contributed by atoms with Gasteiger partial charge in [-0.1, -0.05) is 6.07 Å². The molecule has 0 fully saturated rings. The van der Waals surface area contributed by atoms with Crippen molar-refractivity contribution in [2.24, 2.45) is 0 Å². The molecule has 1 N–H and O–H groups in total. The van der Waals surface area contributed by atoms with E-state index in [9.17, 15) is 18.4 Å². The second-order valence-electron chi connectivity index (χ2n) is 5.58. The summed E-state index contributed by atoms with van der Waals surface area (Å²) in [6, 6.07) is 7.60. The quantitative estimate of drug-likeness (QED) is 0.749. The molecular formula is C19H19F2NO5. The van der Waals surface area contributed by atoms with Crippen molar-refractivity contribution in [3.05, 3.63) is 59.2 Å². The van der Waals surface area contributed by atoms with Gasteiger partial charge in [-0.2, -0.15) is 0 Å². The molecule has 0 aliphatic heterocycles. The highest BCUT2D eigenvalue weighted by Gasteiger charge is 2.21. The third-order valence-corrected chi connectivity index (χ3v) is 3.72. The molecule has 1 amide bonds. The minimum atomic E-state index is -1.16. The van der Waals surface area contributed by atoms with E-state index >= 15 is 0 Å². The van der Waals surface area contributed by atoms with E-state index < -0.39 is 35.2 Å². The van der Waals surface area contributed by atoms with Crippen LogP contribution in [0.25, 0.3) is 0 Å². The third-order valence-electron chi connectivity index (χ3n) is 3.72. The van der Waals surface area contributed by atoms with Gasteiger partial charge in [0.1, 0.15) is 11.6 Å². The van der Waals surface area contributed by atoms with E-state index in [0.29, 0.717) is 17.6 Å². The number of hydrogen-bond acceptors (Lipinski definition) is 5. The highest BCUT2D eigenvalue weighted by molar-refractivity contribution is 5.92. The maximum absolute atomic E-state index is 13.6. The number of nitrogens with one attached hydrogen (secondary N) is 1. The first kappa shape index (κ1) is 20.2. The van der Waals surface area contributed by atoms with Crippen LogP contribution in [0.5, 0.6) is 11.5 Å². The summed E-state index contributed by atoms with van der Waals surface area (Å²) in [5.41, 5.74) is 0.292. The van der Waals surface area contributed by atoms with Gasteiger partial charge >= 0.3 is 5.97 Å². The third kappa shape index (κ3) is 5.16. The lowest BCUT2D eigenvalue weighted by molar-refractivity contribution is -0.129. The first-order chi connectivity index (χ1) is 12.8. The lowest BCUT2D eigenvalue weighted by atomic mass is 10.2. The van der Waals surface area contributed by atoms with Gasteiger partial charge in [0.25, 0.3) is 5.91 Å². The van der Waals surface area contributed by atoms with Crippen molar-refractivity contribution in [1.29, 1.82) is 0 Å². The Labute approximate surface area is 155 Å². The van der Waals surface area contributed by atoms with Gasteiger partial charge in [0.2, 0.25) is 0 Å². The Morgan fingerprint density at radius 2 is 1.74 bits per heavy atom. The topological polar surface area (TPSA) is 73.9 Å². The van der Waals surface area contributed by atoms with Gasteiger partial charge in [-0.3, -0.25) is 4.79 Å². The van der Waals surface area contributed by atoms with Gasteiger partial charge in [-0.05, 0) is 36.8 Å². The predicted octanol–water partition coefficient (Wildman–Crippen LogP) is 2.84. The summed E-state index contributed by atoms with van der Waals surface area (Å²) in [6.07, 6.45) is -1.16. The van der Waals surface area contributed by atoms with Crippen LogP contribution in [0, 0.1) is 11.6 Å². The maximum atomic E-state index is 13.6. The number of methoxy groups -OCH3 is 2. The summed E-state index contributed by atoms with van der Waals surface area (Å²) in [6.45, 7) is 1.51. The number of halogens is 2. The van der Waals surface area contributed by atoms with Crippen molar-refractivity contribution in [2.75, 3.05) is 14.2 Å². The molecule has 0 aromatic heterocycles. The highest BCUT2D eigenvalue weighted by atomic mass is 19.1. The SMILES string of the molecule is COc1ccc(CNC(=O)C(C)OC(=O)c2ccc(F)cc2F)cc1OC. The number of ether oxygens (including phenoxy) is 3. The average molecular weight is 379 g/mol. The largest absolute Gasteiger partial charge is 0.493 e. The van der Waals surface area contributed by atoms with E-state index in [-0.39, 0.29) is 6.54 Å². The summed E-state index contributed by atoms with van der Waals surface area (Å²) in [4.78, 5) is 24.0. The summed E-state index contributed by atoms with van der Waals surface area (Å²) in [7, 11) is 3.01. The smallest absolute Gasteiger partial charge is 0.341 e. The molecule has 144 valence electrons. The van der Waals surface area contributed by atoms with Gasteiger partial charge in [0.15, 0.2) is 17.6 Å². The molecule has 2 rings (SSSR count). The minimum Gasteiger partial charge on any atom is -0.493 e. The van der Waals surface area contributed by atoms with Crippen LogP contribution in [0.4, 0.5) is 8.78 Å². The Hall–Kier alpha value is -3.16. The van der Waals surface area contributed by atoms with Crippen molar-refractivity contribution in [2.45, 2.75) is 19.6 Å². The second-order valence-corrected chi connectivity index (χ2v) is 5.58. The van der Waals surface area contributed by atoms with Gasteiger partial charge in [-0.25, -0.2) is 13.6 Å². The molecule has 6 nitrogen and oxygen atoms in total. The number of carbonyl (C=O) groups excluding carboxylic acids is 2. The molecule has 27 heavy (non-hydrogen) atoms. The van der Waals surface area contributed by atoms with Gasteiger partial charge in [0, 0.05) is 12.6 Å². The Morgan fingerprint density at radius 1 is 1.04 bits per heavy atom. The van der Waals surface area contributed by atoms with Gasteiger partial charge in [0.05, 0.1) is 19.8 Å². The molecule has 0 spiro atoms. The Balaban J connectivity index is 1.94. The average Bonchev–Trinajstić information content (AvgIpc) is 2.65. The van der Waals surface area contributed by atoms with Crippen molar-refractivity contribution in [3.63, 3.8) is 0 Å². The zero-order valence-corrected chi connectivity index (χ0v) is 15.0. The van der Waals surface area contributed by atoms with Gasteiger partial charge < -0.3 is 19.5 Å². The van der Waals surface area contributed by atoms with E-state index in [0.717, 1.165) is 17.7 Å². The minimum absolute atomic E-state index is 0.159. The van der Waals surface area contributed by atoms with E-state index in [2.05, 4.69) is 5.32 Å². The zero-order valence-electron chi connectivity index (χ0n) is 15.0. The standard InChI is InChI=1S/C19H19F2NO5/c1-11(27-19(24)14-6-5-13(20)9-15(14)21)18(23)22-10-12-4-7-16(25-2)17(8-12)26-3/h4-9,11H,10H2,1-3H3,(H,22,23). The fourth-order valence-corrected chi connectivity index (χ4v) is 2.26. The van der Waals surface area contributed by atoms with E-state index in [1.165, 1.54) is 21.1 Å². The first-order valence-electron chi connectivity index (χ1n) is 8.00. The van der Waals surface area contributed by atoms with Crippen LogP contribution in [0.1, 0.15) is 22.8 Å². The molecule has 2 aromatic carbocycles. The number of esters is 1. The molecule has 8 heteroatoms. The van der Waals surface area contributed by atoms with Gasteiger partial charge in [-0.15, -0.1) is 0 Å². The van der Waals surface area contributed by atoms with Crippen LogP contribution in [0.3, 0.4) is 0 Å². The van der Waals surface area contributed by atoms with Crippen LogP contribution in [-0.4, -0.2) is 32.2 Å². The van der Waals surface area contributed by atoms with Crippen molar-refractivity contribution in [3.8, 4) is 11.5 Å². The monoisotopic (exact) mass is 379 g/mol. The predicted molar refractivity (Wildman–Crippen MR) is 92.6 cm³/mol. The van der Waals surface area contributed by atoms with E-state index in [1.54, 1.807) is 18.2 Å². The number of carbonyl (C=O) groups is 2. The number of hydrogen-bond donors (Lipinski definition) is 1. The van der Waals surface area contributed by atoms with E-state index in [4.69, 9.17) is 14.2 Å². The molecule has 1 atom stereocenters. The Bertz CT molecular complexity index is 841. The van der Waals surface area contributed by atoms with Crippen molar-refractivity contribution >= 4 is 11.9 Å². The van der Waals surface area contributed by atoms with Crippen LogP contribution in [-0.2, 0) is 16.1 Å². The number of benzene rings is 2. The second kappa shape index (κ2) is 8.98. The molecular weight excluding hydrogens is 360 g/mol. The fraction of sp³-hybridized carbons (Fsp3) is 0.263. The molecule has 0 aliphatic rings. The Kier molecular flexibility index (Phi) is 6.70. The fourth-order valence-electron chi connectivity index (χ4n) is 2.26. The number of amides is 1. The summed E-state index contributed by atoms with van der Waals surface area (Å²) < 4.78 is 41.7. The Morgan fingerprint density at radius 3 is 2.37 bits per heavy atom. The van der Waals surface area contributed by atoms with Crippen molar-refractivity contribution in [1.82, 2.24) is 5.32 Å². The molecule has 2 aromatic rings. The van der Waals surface area contributed by atoms with Crippen LogP contribution in [0.2, 0.25) is 0 Å². The molecule has 0 saturated heterocycles. The molecule has 0 bridgehead atoms. The maximum Gasteiger partial charge on any atom is 0.341 e. The first-order valence-corrected chi connectivity index (χ1v) is 8.00. The summed E-state index contributed by atoms with van der Waals surface area (Å²) in [5.74, 6) is -2.43.